The second kappa shape index (κ2) is 8.56. The minimum Gasteiger partial charge on any atom is -0.493 e. The van der Waals surface area contributed by atoms with Gasteiger partial charge in [-0.05, 0) is 35.7 Å². The van der Waals surface area contributed by atoms with Crippen LogP contribution in [0.15, 0.2) is 42.5 Å². The number of benzene rings is 2. The number of nitrogens with one attached hydrogen (secondary N) is 1. The third kappa shape index (κ3) is 4.19. The standard InChI is InChI=1S/C22H30N2O2/c1-24(2)20(18-10-12-21(25-3)22(14-18)26-4)15-23-19-11-9-16-7-5-6-8-17(16)13-19/h5-8,10,12,14,19-20,23H,9,11,13,15H2,1-4H3/p+2/t19-,20-/m0/s1. The Bertz CT molecular complexity index is 730. The number of nitrogens with two attached hydrogens (primary N) is 1. The molecule has 1 aliphatic rings. The molecule has 3 N–H and O–H groups in total. The summed E-state index contributed by atoms with van der Waals surface area (Å²) >= 11 is 0. The van der Waals surface area contributed by atoms with Crippen molar-refractivity contribution >= 4 is 0 Å². The fraction of sp³-hybridized carbons (Fsp3) is 0.455. The van der Waals surface area contributed by atoms with Gasteiger partial charge in [-0.3, -0.25) is 0 Å². The van der Waals surface area contributed by atoms with Crippen LogP contribution in [-0.4, -0.2) is 40.9 Å². The van der Waals surface area contributed by atoms with Crippen molar-refractivity contribution in [2.75, 3.05) is 34.9 Å². The highest BCUT2D eigenvalue weighted by Gasteiger charge is 2.26. The second-order valence-corrected chi connectivity index (χ2v) is 7.49. The highest BCUT2D eigenvalue weighted by atomic mass is 16.5. The topological polar surface area (TPSA) is 39.5 Å². The molecule has 0 aromatic heterocycles. The van der Waals surface area contributed by atoms with E-state index in [9.17, 15) is 0 Å². The number of rotatable bonds is 7. The Hall–Kier alpha value is -2.04. The molecule has 0 aliphatic heterocycles. The van der Waals surface area contributed by atoms with Crippen LogP contribution in [0.1, 0.15) is 29.2 Å². The highest BCUT2D eigenvalue weighted by molar-refractivity contribution is 5.43. The molecule has 0 amide bonds. The third-order valence-electron chi connectivity index (χ3n) is 5.60. The Kier molecular flexibility index (Phi) is 6.17. The zero-order chi connectivity index (χ0) is 18.5. The van der Waals surface area contributed by atoms with Gasteiger partial charge >= 0.3 is 0 Å². The maximum absolute atomic E-state index is 5.50. The maximum Gasteiger partial charge on any atom is 0.162 e. The van der Waals surface area contributed by atoms with Crippen LogP contribution in [0, 0.1) is 0 Å². The van der Waals surface area contributed by atoms with Gasteiger partial charge in [-0.1, -0.05) is 24.3 Å². The lowest BCUT2D eigenvalue weighted by atomic mass is 9.88. The molecule has 140 valence electrons. The van der Waals surface area contributed by atoms with E-state index in [1.807, 2.05) is 6.07 Å². The van der Waals surface area contributed by atoms with Crippen LogP contribution >= 0.6 is 0 Å². The monoisotopic (exact) mass is 356 g/mol. The molecule has 2 aromatic rings. The van der Waals surface area contributed by atoms with Gasteiger partial charge in [0.2, 0.25) is 0 Å². The number of ether oxygens (including phenoxy) is 2. The third-order valence-corrected chi connectivity index (χ3v) is 5.60. The van der Waals surface area contributed by atoms with Gasteiger partial charge in [0.1, 0.15) is 6.54 Å². The van der Waals surface area contributed by atoms with Crippen LogP contribution in [0.5, 0.6) is 11.5 Å². The summed E-state index contributed by atoms with van der Waals surface area (Å²) in [4.78, 5) is 1.43. The predicted molar refractivity (Wildman–Crippen MR) is 104 cm³/mol. The van der Waals surface area contributed by atoms with Gasteiger partial charge in [-0.25, -0.2) is 0 Å². The Labute approximate surface area is 157 Å². The molecule has 1 aliphatic carbocycles. The normalized spacial score (nSPS) is 17.7. The molecule has 0 heterocycles. The molecule has 2 aromatic carbocycles. The van der Waals surface area contributed by atoms with Gasteiger partial charge in [0, 0.05) is 18.4 Å². The molecule has 26 heavy (non-hydrogen) atoms. The first-order valence-corrected chi connectivity index (χ1v) is 9.54. The number of quaternary nitrogens is 2. The molecular weight excluding hydrogens is 324 g/mol. The molecular formula is C22H32N2O2+2. The summed E-state index contributed by atoms with van der Waals surface area (Å²) in [5.41, 5.74) is 4.36. The van der Waals surface area contributed by atoms with Crippen molar-refractivity contribution in [1.82, 2.24) is 0 Å². The number of hydrogen-bond donors (Lipinski definition) is 2. The first kappa shape index (κ1) is 18.7. The molecule has 0 saturated heterocycles. The summed E-state index contributed by atoms with van der Waals surface area (Å²) in [6.07, 6.45) is 3.64. The van der Waals surface area contributed by atoms with E-state index in [1.54, 1.807) is 14.2 Å². The van der Waals surface area contributed by atoms with Crippen LogP contribution in [0.4, 0.5) is 0 Å². The van der Waals surface area contributed by atoms with Gasteiger partial charge in [0.25, 0.3) is 0 Å². The zero-order valence-electron chi connectivity index (χ0n) is 16.4. The Morgan fingerprint density at radius 2 is 1.77 bits per heavy atom. The second-order valence-electron chi connectivity index (χ2n) is 7.49. The quantitative estimate of drug-likeness (QED) is 0.777. The van der Waals surface area contributed by atoms with Crippen LogP contribution < -0.4 is 19.7 Å². The van der Waals surface area contributed by atoms with Crippen molar-refractivity contribution in [3.63, 3.8) is 0 Å². The average Bonchev–Trinajstić information content (AvgIpc) is 2.67. The first-order valence-electron chi connectivity index (χ1n) is 9.54. The highest BCUT2D eigenvalue weighted by Crippen LogP contribution is 2.29. The van der Waals surface area contributed by atoms with E-state index in [2.05, 4.69) is 55.8 Å². The SMILES string of the molecule is COc1ccc([C@H](C[NH2+][C@H]2CCc3ccccc3C2)[NH+](C)C)cc1OC. The van der Waals surface area contributed by atoms with Gasteiger partial charge < -0.3 is 19.7 Å². The van der Waals surface area contributed by atoms with Crippen molar-refractivity contribution in [3.8, 4) is 11.5 Å². The van der Waals surface area contributed by atoms with E-state index in [-0.39, 0.29) is 0 Å². The number of methoxy groups -OCH3 is 2. The summed E-state index contributed by atoms with van der Waals surface area (Å²) in [6, 6.07) is 16.3. The summed E-state index contributed by atoms with van der Waals surface area (Å²) in [5.74, 6) is 1.60. The molecule has 0 bridgehead atoms. The van der Waals surface area contributed by atoms with Gasteiger partial charge in [-0.15, -0.1) is 0 Å². The van der Waals surface area contributed by atoms with E-state index in [1.165, 1.54) is 40.9 Å². The Morgan fingerprint density at radius 3 is 2.46 bits per heavy atom. The van der Waals surface area contributed by atoms with Crippen molar-refractivity contribution in [3.05, 3.63) is 59.2 Å². The largest absolute Gasteiger partial charge is 0.493 e. The van der Waals surface area contributed by atoms with Crippen LogP contribution in [0.3, 0.4) is 0 Å². The molecule has 0 unspecified atom stereocenters. The smallest absolute Gasteiger partial charge is 0.162 e. The molecule has 4 heteroatoms. The van der Waals surface area contributed by atoms with Crippen LogP contribution in [0.2, 0.25) is 0 Å². The van der Waals surface area contributed by atoms with E-state index < -0.39 is 0 Å². The molecule has 2 atom stereocenters. The summed E-state index contributed by atoms with van der Waals surface area (Å²) < 4.78 is 10.9. The van der Waals surface area contributed by atoms with E-state index in [0.717, 1.165) is 18.0 Å². The molecule has 0 radical (unpaired) electrons. The average molecular weight is 357 g/mol. The van der Waals surface area contributed by atoms with Crippen LogP contribution in [-0.2, 0) is 12.8 Å². The summed E-state index contributed by atoms with van der Waals surface area (Å²) in [5, 5.41) is 2.55. The van der Waals surface area contributed by atoms with E-state index >= 15 is 0 Å². The lowest BCUT2D eigenvalue weighted by Crippen LogP contribution is -3.10. The van der Waals surface area contributed by atoms with Gasteiger partial charge in [0.15, 0.2) is 17.5 Å². The zero-order valence-corrected chi connectivity index (χ0v) is 16.4. The predicted octanol–water partition coefficient (Wildman–Crippen LogP) is 1.01. The first-order chi connectivity index (χ1) is 12.6. The van der Waals surface area contributed by atoms with Gasteiger partial charge in [-0.2, -0.15) is 0 Å². The number of aryl methyl sites for hydroxylation is 1. The summed E-state index contributed by atoms with van der Waals surface area (Å²) in [6.45, 7) is 1.07. The molecule has 0 fully saturated rings. The lowest BCUT2D eigenvalue weighted by molar-refractivity contribution is -0.911. The fourth-order valence-corrected chi connectivity index (χ4v) is 4.03. The van der Waals surface area contributed by atoms with Crippen molar-refractivity contribution < 1.29 is 19.7 Å². The maximum atomic E-state index is 5.50. The van der Waals surface area contributed by atoms with Crippen molar-refractivity contribution in [1.29, 1.82) is 0 Å². The van der Waals surface area contributed by atoms with Gasteiger partial charge in [0.05, 0.1) is 34.4 Å². The molecule has 0 saturated carbocycles. The lowest BCUT2D eigenvalue weighted by Gasteiger charge is -2.26. The Balaban J connectivity index is 1.68. The molecule has 0 spiro atoms. The fourth-order valence-electron chi connectivity index (χ4n) is 4.03. The van der Waals surface area contributed by atoms with Crippen molar-refractivity contribution in [2.45, 2.75) is 31.3 Å². The minimum atomic E-state index is 0.423. The van der Waals surface area contributed by atoms with E-state index in [0.29, 0.717) is 12.1 Å². The summed E-state index contributed by atoms with van der Waals surface area (Å²) in [7, 11) is 7.84. The number of fused-ring (bicyclic) bond motifs is 1. The molecule has 4 nitrogen and oxygen atoms in total. The van der Waals surface area contributed by atoms with E-state index in [4.69, 9.17) is 9.47 Å². The number of likely N-dealkylation sites (N-methyl/N-ethyl adjacent to an activating group) is 1. The van der Waals surface area contributed by atoms with Crippen LogP contribution in [0.25, 0.3) is 0 Å². The Morgan fingerprint density at radius 1 is 1.04 bits per heavy atom. The minimum absolute atomic E-state index is 0.423. The van der Waals surface area contributed by atoms with Crippen molar-refractivity contribution in [2.24, 2.45) is 0 Å². The molecule has 3 rings (SSSR count). The number of hydrogen-bond acceptors (Lipinski definition) is 2.